The lowest BCUT2D eigenvalue weighted by atomic mass is 9.99. The summed E-state index contributed by atoms with van der Waals surface area (Å²) >= 11 is 0. The molecule has 0 aliphatic heterocycles. The van der Waals surface area contributed by atoms with E-state index >= 15 is 0 Å². The van der Waals surface area contributed by atoms with Gasteiger partial charge in [-0.15, -0.1) is 0 Å². The van der Waals surface area contributed by atoms with E-state index in [1.807, 2.05) is 13.8 Å². The zero-order valence-corrected chi connectivity index (χ0v) is 11.3. The SMILES string of the molecule is CC[C@H](C)[C@@H](NC(=O)c1cccc(F)c1)C(=O)OC. The van der Waals surface area contributed by atoms with Crippen LogP contribution in [-0.4, -0.2) is 25.0 Å². The standard InChI is InChI=1S/C14H18FNO3/c1-4-9(2)12(14(18)19-3)16-13(17)10-6-5-7-11(15)8-10/h5-9,12H,4H2,1-3H3,(H,16,17)/t9-,12+/m0/s1. The molecular weight excluding hydrogens is 249 g/mol. The van der Waals surface area contributed by atoms with Crippen molar-refractivity contribution >= 4 is 11.9 Å². The third kappa shape index (κ3) is 4.05. The Morgan fingerprint density at radius 3 is 2.63 bits per heavy atom. The molecule has 19 heavy (non-hydrogen) atoms. The average Bonchev–Trinajstić information content (AvgIpc) is 2.42. The molecule has 0 radical (unpaired) electrons. The molecule has 1 amide bonds. The number of esters is 1. The van der Waals surface area contributed by atoms with E-state index in [-0.39, 0.29) is 11.5 Å². The molecule has 0 spiro atoms. The van der Waals surface area contributed by atoms with Gasteiger partial charge in [-0.25, -0.2) is 9.18 Å². The van der Waals surface area contributed by atoms with Crippen LogP contribution in [0.4, 0.5) is 4.39 Å². The number of amides is 1. The minimum absolute atomic E-state index is 0.0649. The molecule has 5 heteroatoms. The van der Waals surface area contributed by atoms with Crippen LogP contribution in [0.3, 0.4) is 0 Å². The molecule has 0 saturated carbocycles. The first-order valence-corrected chi connectivity index (χ1v) is 6.13. The Hall–Kier alpha value is -1.91. The van der Waals surface area contributed by atoms with Crippen LogP contribution in [0, 0.1) is 11.7 Å². The van der Waals surface area contributed by atoms with Gasteiger partial charge in [0.05, 0.1) is 7.11 Å². The summed E-state index contributed by atoms with van der Waals surface area (Å²) in [5.41, 5.74) is 0.178. The molecular formula is C14H18FNO3. The van der Waals surface area contributed by atoms with Crippen molar-refractivity contribution in [3.63, 3.8) is 0 Å². The van der Waals surface area contributed by atoms with Gasteiger partial charge < -0.3 is 10.1 Å². The number of hydrogen-bond donors (Lipinski definition) is 1. The van der Waals surface area contributed by atoms with Crippen LogP contribution in [0.15, 0.2) is 24.3 Å². The molecule has 104 valence electrons. The molecule has 0 aliphatic rings. The number of carbonyl (C=O) groups excluding carboxylic acids is 2. The topological polar surface area (TPSA) is 55.4 Å². The summed E-state index contributed by atoms with van der Waals surface area (Å²) < 4.78 is 17.7. The second-order valence-corrected chi connectivity index (χ2v) is 4.37. The van der Waals surface area contributed by atoms with E-state index in [9.17, 15) is 14.0 Å². The van der Waals surface area contributed by atoms with Crippen LogP contribution >= 0.6 is 0 Å². The van der Waals surface area contributed by atoms with Gasteiger partial charge >= 0.3 is 5.97 Å². The molecule has 0 aromatic heterocycles. The summed E-state index contributed by atoms with van der Waals surface area (Å²) in [5.74, 6) is -1.55. The zero-order valence-electron chi connectivity index (χ0n) is 11.3. The number of rotatable bonds is 5. The lowest BCUT2D eigenvalue weighted by Crippen LogP contribution is -2.45. The highest BCUT2D eigenvalue weighted by Gasteiger charge is 2.27. The zero-order chi connectivity index (χ0) is 14.4. The lowest BCUT2D eigenvalue weighted by molar-refractivity contribution is -0.144. The average molecular weight is 267 g/mol. The Morgan fingerprint density at radius 1 is 1.42 bits per heavy atom. The van der Waals surface area contributed by atoms with E-state index in [1.165, 1.54) is 25.3 Å². The maximum absolute atomic E-state index is 13.0. The number of halogens is 1. The van der Waals surface area contributed by atoms with Crippen molar-refractivity contribution < 1.29 is 18.7 Å². The largest absolute Gasteiger partial charge is 0.467 e. The van der Waals surface area contributed by atoms with Crippen molar-refractivity contribution in [3.8, 4) is 0 Å². The summed E-state index contributed by atoms with van der Waals surface area (Å²) in [7, 11) is 1.27. The molecule has 4 nitrogen and oxygen atoms in total. The van der Waals surface area contributed by atoms with E-state index in [1.54, 1.807) is 0 Å². The van der Waals surface area contributed by atoms with Crippen molar-refractivity contribution in [2.24, 2.45) is 5.92 Å². The van der Waals surface area contributed by atoms with Gasteiger partial charge in [-0.05, 0) is 24.1 Å². The quantitative estimate of drug-likeness (QED) is 0.832. The van der Waals surface area contributed by atoms with Crippen molar-refractivity contribution in [3.05, 3.63) is 35.6 Å². The second kappa shape index (κ2) is 6.87. The van der Waals surface area contributed by atoms with Crippen LogP contribution < -0.4 is 5.32 Å². The number of benzene rings is 1. The van der Waals surface area contributed by atoms with Gasteiger partial charge in [0.25, 0.3) is 5.91 Å². The first-order valence-electron chi connectivity index (χ1n) is 6.13. The number of carbonyl (C=O) groups is 2. The molecule has 2 atom stereocenters. The van der Waals surface area contributed by atoms with Crippen LogP contribution in [0.2, 0.25) is 0 Å². The lowest BCUT2D eigenvalue weighted by Gasteiger charge is -2.21. The highest BCUT2D eigenvalue weighted by Crippen LogP contribution is 2.11. The highest BCUT2D eigenvalue weighted by molar-refractivity contribution is 5.96. The molecule has 0 aliphatic carbocycles. The first kappa shape index (κ1) is 15.1. The van der Waals surface area contributed by atoms with Gasteiger partial charge in [0, 0.05) is 5.56 Å². The molecule has 1 rings (SSSR count). The Balaban J connectivity index is 2.84. The van der Waals surface area contributed by atoms with Crippen LogP contribution in [0.25, 0.3) is 0 Å². The van der Waals surface area contributed by atoms with Crippen molar-refractivity contribution in [1.82, 2.24) is 5.32 Å². The van der Waals surface area contributed by atoms with Gasteiger partial charge in [-0.1, -0.05) is 26.3 Å². The summed E-state index contributed by atoms with van der Waals surface area (Å²) in [5, 5.41) is 2.58. The third-order valence-electron chi connectivity index (χ3n) is 3.04. The number of methoxy groups -OCH3 is 1. The highest BCUT2D eigenvalue weighted by atomic mass is 19.1. The van der Waals surface area contributed by atoms with Gasteiger partial charge in [-0.3, -0.25) is 4.79 Å². The fourth-order valence-corrected chi connectivity index (χ4v) is 1.65. The van der Waals surface area contributed by atoms with Crippen molar-refractivity contribution in [1.29, 1.82) is 0 Å². The van der Waals surface area contributed by atoms with Gasteiger partial charge in [-0.2, -0.15) is 0 Å². The molecule has 0 fully saturated rings. The molecule has 0 bridgehead atoms. The predicted molar refractivity (Wildman–Crippen MR) is 69.1 cm³/mol. The normalized spacial score (nSPS) is 13.5. The van der Waals surface area contributed by atoms with E-state index < -0.39 is 23.7 Å². The van der Waals surface area contributed by atoms with Crippen LogP contribution in [0.1, 0.15) is 30.6 Å². The van der Waals surface area contributed by atoms with Crippen LogP contribution in [0.5, 0.6) is 0 Å². The third-order valence-corrected chi connectivity index (χ3v) is 3.04. The smallest absolute Gasteiger partial charge is 0.328 e. The van der Waals surface area contributed by atoms with Gasteiger partial charge in [0.1, 0.15) is 11.9 Å². The molecule has 1 aromatic rings. The summed E-state index contributed by atoms with van der Waals surface area (Å²) in [6.45, 7) is 3.75. The van der Waals surface area contributed by atoms with Crippen molar-refractivity contribution in [2.75, 3.05) is 7.11 Å². The molecule has 1 aromatic carbocycles. The summed E-state index contributed by atoms with van der Waals surface area (Å²) in [6.07, 6.45) is 0.712. The maximum atomic E-state index is 13.0. The van der Waals surface area contributed by atoms with Gasteiger partial charge in [0.2, 0.25) is 0 Å². The van der Waals surface area contributed by atoms with E-state index in [0.717, 1.165) is 6.07 Å². The summed E-state index contributed by atoms with van der Waals surface area (Å²) in [6, 6.07) is 4.58. The first-order chi connectivity index (χ1) is 8.99. The Labute approximate surface area is 112 Å². The fraction of sp³-hybridized carbons (Fsp3) is 0.429. The monoisotopic (exact) mass is 267 g/mol. The second-order valence-electron chi connectivity index (χ2n) is 4.37. The Morgan fingerprint density at radius 2 is 2.11 bits per heavy atom. The minimum atomic E-state index is -0.731. The maximum Gasteiger partial charge on any atom is 0.328 e. The predicted octanol–water partition coefficient (Wildman–Crippen LogP) is 2.14. The Bertz CT molecular complexity index is 462. The van der Waals surface area contributed by atoms with E-state index in [2.05, 4.69) is 10.1 Å². The fourth-order valence-electron chi connectivity index (χ4n) is 1.65. The molecule has 0 heterocycles. The number of ether oxygens (including phenoxy) is 1. The van der Waals surface area contributed by atoms with Crippen molar-refractivity contribution in [2.45, 2.75) is 26.3 Å². The minimum Gasteiger partial charge on any atom is -0.467 e. The number of hydrogen-bond acceptors (Lipinski definition) is 3. The van der Waals surface area contributed by atoms with E-state index in [0.29, 0.717) is 6.42 Å². The number of nitrogens with one attached hydrogen (secondary N) is 1. The Kier molecular flexibility index (Phi) is 5.48. The molecule has 1 N–H and O–H groups in total. The van der Waals surface area contributed by atoms with Gasteiger partial charge in [0.15, 0.2) is 0 Å². The van der Waals surface area contributed by atoms with E-state index in [4.69, 9.17) is 0 Å². The summed E-state index contributed by atoms with van der Waals surface area (Å²) in [4.78, 5) is 23.6. The molecule has 0 saturated heterocycles. The molecule has 0 unspecified atom stereocenters. The van der Waals surface area contributed by atoms with Crippen LogP contribution in [-0.2, 0) is 9.53 Å².